The molecule has 0 heterocycles. The summed E-state index contributed by atoms with van der Waals surface area (Å²) >= 11 is 0. The van der Waals surface area contributed by atoms with Gasteiger partial charge in [0.1, 0.15) is 0 Å². The van der Waals surface area contributed by atoms with Gasteiger partial charge in [-0.2, -0.15) is 0 Å². The Morgan fingerprint density at radius 2 is 2.00 bits per heavy atom. The van der Waals surface area contributed by atoms with Crippen molar-refractivity contribution in [3.05, 3.63) is 0 Å². The highest BCUT2D eigenvalue weighted by molar-refractivity contribution is 5.07. The van der Waals surface area contributed by atoms with E-state index in [-0.39, 0.29) is 0 Å². The zero-order chi connectivity index (χ0) is 10.8. The van der Waals surface area contributed by atoms with Gasteiger partial charge in [0.2, 0.25) is 0 Å². The first-order chi connectivity index (χ1) is 6.63. The lowest BCUT2D eigenvalue weighted by Crippen LogP contribution is -2.26. The third-order valence-electron chi connectivity index (χ3n) is 4.45. The molecule has 0 spiro atoms. The van der Waals surface area contributed by atoms with Gasteiger partial charge in [-0.3, -0.25) is 0 Å². The molecule has 14 heavy (non-hydrogen) atoms. The van der Waals surface area contributed by atoms with Crippen molar-refractivity contribution >= 4 is 0 Å². The van der Waals surface area contributed by atoms with E-state index in [1.165, 1.54) is 25.7 Å². The smallest absolute Gasteiger partial charge is 0.00431 e. The molecule has 84 valence electrons. The fraction of sp³-hybridized carbons (Fsp3) is 1.00. The SMILES string of the molecule is CCC[C@H](CC)[C@@]1(C(C)C)C[C@H]1CN. The van der Waals surface area contributed by atoms with Crippen molar-refractivity contribution in [2.24, 2.45) is 28.9 Å². The highest BCUT2D eigenvalue weighted by Crippen LogP contribution is 2.63. The van der Waals surface area contributed by atoms with Crippen LogP contribution in [0.2, 0.25) is 0 Å². The number of nitrogens with two attached hydrogens (primary N) is 1. The summed E-state index contributed by atoms with van der Waals surface area (Å²) in [5.74, 6) is 2.55. The molecular weight excluding hydrogens is 170 g/mol. The summed E-state index contributed by atoms with van der Waals surface area (Å²) in [7, 11) is 0. The zero-order valence-corrected chi connectivity index (χ0v) is 10.3. The minimum Gasteiger partial charge on any atom is -0.330 e. The first-order valence-electron chi connectivity index (χ1n) is 6.33. The van der Waals surface area contributed by atoms with Crippen molar-refractivity contribution < 1.29 is 0 Å². The van der Waals surface area contributed by atoms with Gasteiger partial charge in [-0.05, 0) is 36.1 Å². The molecule has 0 amide bonds. The molecule has 3 atom stereocenters. The molecule has 0 saturated heterocycles. The van der Waals surface area contributed by atoms with E-state index in [1.807, 2.05) is 0 Å². The van der Waals surface area contributed by atoms with Crippen molar-refractivity contribution in [3.8, 4) is 0 Å². The van der Waals surface area contributed by atoms with E-state index < -0.39 is 0 Å². The van der Waals surface area contributed by atoms with Crippen LogP contribution < -0.4 is 5.73 Å². The van der Waals surface area contributed by atoms with Crippen LogP contribution in [0.15, 0.2) is 0 Å². The van der Waals surface area contributed by atoms with Crippen LogP contribution in [0.25, 0.3) is 0 Å². The second-order valence-corrected chi connectivity index (χ2v) is 5.30. The maximum Gasteiger partial charge on any atom is -0.00431 e. The highest BCUT2D eigenvalue weighted by atomic mass is 14.7. The van der Waals surface area contributed by atoms with Gasteiger partial charge in [-0.25, -0.2) is 0 Å². The Bertz CT molecular complexity index is 176. The summed E-state index contributed by atoms with van der Waals surface area (Å²) in [5.41, 5.74) is 6.45. The Balaban J connectivity index is 2.68. The maximum absolute atomic E-state index is 5.84. The minimum absolute atomic E-state index is 0.611. The van der Waals surface area contributed by atoms with Gasteiger partial charge in [-0.1, -0.05) is 47.0 Å². The second-order valence-electron chi connectivity index (χ2n) is 5.30. The predicted molar refractivity (Wildman–Crippen MR) is 63.1 cm³/mol. The maximum atomic E-state index is 5.84. The van der Waals surface area contributed by atoms with E-state index in [0.717, 1.165) is 24.3 Å². The van der Waals surface area contributed by atoms with Crippen LogP contribution in [0.1, 0.15) is 53.4 Å². The molecule has 0 aromatic carbocycles. The second kappa shape index (κ2) is 4.65. The zero-order valence-electron chi connectivity index (χ0n) is 10.3. The van der Waals surface area contributed by atoms with E-state index in [9.17, 15) is 0 Å². The fourth-order valence-corrected chi connectivity index (χ4v) is 3.55. The Labute approximate surface area is 89.5 Å². The average molecular weight is 197 g/mol. The first-order valence-corrected chi connectivity index (χ1v) is 6.33. The van der Waals surface area contributed by atoms with E-state index >= 15 is 0 Å². The van der Waals surface area contributed by atoms with Crippen LogP contribution in [0.4, 0.5) is 0 Å². The third-order valence-corrected chi connectivity index (χ3v) is 4.45. The Kier molecular flexibility index (Phi) is 4.00. The Morgan fingerprint density at radius 3 is 2.29 bits per heavy atom. The van der Waals surface area contributed by atoms with Crippen molar-refractivity contribution in [1.82, 2.24) is 0 Å². The number of hydrogen-bond donors (Lipinski definition) is 1. The minimum atomic E-state index is 0.611. The average Bonchev–Trinajstić information content (AvgIpc) is 2.89. The first kappa shape index (κ1) is 12.0. The molecule has 1 heteroatoms. The van der Waals surface area contributed by atoms with Crippen molar-refractivity contribution in [2.75, 3.05) is 6.54 Å². The molecule has 1 rings (SSSR count). The lowest BCUT2D eigenvalue weighted by atomic mass is 9.74. The molecule has 0 bridgehead atoms. The normalized spacial score (nSPS) is 33.4. The summed E-state index contributed by atoms with van der Waals surface area (Å²) < 4.78 is 0. The molecule has 0 aromatic rings. The predicted octanol–water partition coefficient (Wildman–Crippen LogP) is 3.43. The monoisotopic (exact) mass is 197 g/mol. The molecule has 1 aliphatic rings. The lowest BCUT2D eigenvalue weighted by Gasteiger charge is -2.31. The van der Waals surface area contributed by atoms with Crippen molar-refractivity contribution in [1.29, 1.82) is 0 Å². The van der Waals surface area contributed by atoms with E-state index in [1.54, 1.807) is 0 Å². The topological polar surface area (TPSA) is 26.0 Å². The van der Waals surface area contributed by atoms with Crippen LogP contribution in [0.3, 0.4) is 0 Å². The van der Waals surface area contributed by atoms with Gasteiger partial charge in [0.15, 0.2) is 0 Å². The molecular formula is C13H27N. The molecule has 0 unspecified atom stereocenters. The molecule has 1 aliphatic carbocycles. The van der Waals surface area contributed by atoms with Crippen LogP contribution in [-0.4, -0.2) is 6.54 Å². The van der Waals surface area contributed by atoms with Gasteiger partial charge < -0.3 is 5.73 Å². The van der Waals surface area contributed by atoms with Gasteiger partial charge in [0, 0.05) is 0 Å². The van der Waals surface area contributed by atoms with Gasteiger partial charge >= 0.3 is 0 Å². The third kappa shape index (κ3) is 1.84. The molecule has 1 saturated carbocycles. The summed E-state index contributed by atoms with van der Waals surface area (Å²) in [6, 6.07) is 0. The molecule has 0 radical (unpaired) electrons. The molecule has 0 aromatic heterocycles. The molecule has 0 aliphatic heterocycles. The van der Waals surface area contributed by atoms with E-state index in [4.69, 9.17) is 5.73 Å². The Hall–Kier alpha value is -0.0400. The summed E-state index contributed by atoms with van der Waals surface area (Å²) in [4.78, 5) is 0. The standard InChI is InChI=1S/C13H27N/c1-5-7-11(6-2)13(10(3)4)8-12(13)9-14/h10-12H,5-9,14H2,1-4H3/t11-,12-,13-/m0/s1. The van der Waals surface area contributed by atoms with Crippen LogP contribution >= 0.6 is 0 Å². The summed E-state index contributed by atoms with van der Waals surface area (Å²) in [6.45, 7) is 10.3. The molecule has 1 nitrogen and oxygen atoms in total. The molecule has 1 fully saturated rings. The molecule has 2 N–H and O–H groups in total. The largest absolute Gasteiger partial charge is 0.330 e. The van der Waals surface area contributed by atoms with Gasteiger partial charge in [-0.15, -0.1) is 0 Å². The van der Waals surface area contributed by atoms with Gasteiger partial charge in [0.05, 0.1) is 0 Å². The van der Waals surface area contributed by atoms with Gasteiger partial charge in [0.25, 0.3) is 0 Å². The Morgan fingerprint density at radius 1 is 1.36 bits per heavy atom. The van der Waals surface area contributed by atoms with Crippen LogP contribution in [-0.2, 0) is 0 Å². The highest BCUT2D eigenvalue weighted by Gasteiger charge is 2.58. The van der Waals surface area contributed by atoms with Crippen LogP contribution in [0.5, 0.6) is 0 Å². The quantitative estimate of drug-likeness (QED) is 0.693. The number of rotatable bonds is 6. The fourth-order valence-electron chi connectivity index (χ4n) is 3.55. The lowest BCUT2D eigenvalue weighted by molar-refractivity contribution is 0.183. The van der Waals surface area contributed by atoms with Crippen molar-refractivity contribution in [2.45, 2.75) is 53.4 Å². The summed E-state index contributed by atoms with van der Waals surface area (Å²) in [5, 5.41) is 0. The van der Waals surface area contributed by atoms with Crippen molar-refractivity contribution in [3.63, 3.8) is 0 Å². The van der Waals surface area contributed by atoms with Crippen LogP contribution in [0, 0.1) is 23.2 Å². The number of hydrogen-bond acceptors (Lipinski definition) is 1. The van der Waals surface area contributed by atoms with E-state index in [2.05, 4.69) is 27.7 Å². The summed E-state index contributed by atoms with van der Waals surface area (Å²) in [6.07, 6.45) is 5.44. The van der Waals surface area contributed by atoms with E-state index in [0.29, 0.717) is 5.41 Å².